The van der Waals surface area contributed by atoms with E-state index in [0.29, 0.717) is 5.02 Å². The van der Waals surface area contributed by atoms with E-state index in [1.807, 2.05) is 13.0 Å². The number of rotatable bonds is 3. The van der Waals surface area contributed by atoms with E-state index < -0.39 is 0 Å². The van der Waals surface area contributed by atoms with Gasteiger partial charge in [-0.15, -0.1) is 0 Å². The van der Waals surface area contributed by atoms with Crippen molar-refractivity contribution in [2.45, 2.75) is 13.0 Å². The number of benzene rings is 2. The number of nitrogens with two attached hydrogens (primary N) is 1. The van der Waals surface area contributed by atoms with E-state index in [0.717, 1.165) is 59.6 Å². The monoisotopic (exact) mass is 366 g/mol. The number of piperazine rings is 1. The highest BCUT2D eigenvalue weighted by Crippen LogP contribution is 2.31. The van der Waals surface area contributed by atoms with E-state index in [2.05, 4.69) is 52.7 Å². The van der Waals surface area contributed by atoms with Crippen molar-refractivity contribution in [3.8, 4) is 11.1 Å². The standard InChI is InChI=1S/C21H23ClN4/c1-14(23)15-3-2-4-16(11-15)17-5-6-20-18(12-17)13-19(22)21(25-20)26-9-7-24-8-10-26/h2-6,11-14,24H,7-10,23H2,1H3/t14-/m0/s1. The van der Waals surface area contributed by atoms with E-state index in [4.69, 9.17) is 22.3 Å². The fourth-order valence-electron chi connectivity index (χ4n) is 3.42. The summed E-state index contributed by atoms with van der Waals surface area (Å²) in [5.41, 5.74) is 10.4. The molecule has 3 N–H and O–H groups in total. The van der Waals surface area contributed by atoms with E-state index in [-0.39, 0.29) is 6.04 Å². The number of halogens is 1. The molecule has 1 aromatic heterocycles. The molecular formula is C21H23ClN4. The number of nitrogens with one attached hydrogen (secondary N) is 1. The molecule has 1 atom stereocenters. The Morgan fingerprint density at radius 3 is 2.62 bits per heavy atom. The second-order valence-corrected chi connectivity index (χ2v) is 7.26. The van der Waals surface area contributed by atoms with Crippen LogP contribution in [0.2, 0.25) is 5.02 Å². The Morgan fingerprint density at radius 2 is 1.85 bits per heavy atom. The normalized spacial score (nSPS) is 16.0. The van der Waals surface area contributed by atoms with Crippen LogP contribution in [0.15, 0.2) is 48.5 Å². The number of hydrogen-bond acceptors (Lipinski definition) is 4. The number of aromatic nitrogens is 1. The van der Waals surface area contributed by atoms with Crippen LogP contribution >= 0.6 is 11.6 Å². The van der Waals surface area contributed by atoms with Gasteiger partial charge in [-0.1, -0.05) is 35.9 Å². The van der Waals surface area contributed by atoms with Gasteiger partial charge in [0, 0.05) is 37.6 Å². The minimum absolute atomic E-state index is 0.0214. The second kappa shape index (κ2) is 7.23. The van der Waals surface area contributed by atoms with Gasteiger partial charge >= 0.3 is 0 Å². The first-order chi connectivity index (χ1) is 12.6. The molecule has 0 amide bonds. The first-order valence-corrected chi connectivity index (χ1v) is 9.41. The number of pyridine rings is 1. The molecular weight excluding hydrogens is 344 g/mol. The van der Waals surface area contributed by atoms with Crippen molar-refractivity contribution in [3.05, 3.63) is 59.1 Å². The number of fused-ring (bicyclic) bond motifs is 1. The van der Waals surface area contributed by atoms with Gasteiger partial charge < -0.3 is 16.0 Å². The summed E-state index contributed by atoms with van der Waals surface area (Å²) in [5.74, 6) is 0.882. The SMILES string of the molecule is C[C@H](N)c1cccc(-c2ccc3nc(N4CCNCC4)c(Cl)cc3c2)c1. The Balaban J connectivity index is 1.73. The summed E-state index contributed by atoms with van der Waals surface area (Å²) in [6, 6.07) is 16.8. The van der Waals surface area contributed by atoms with E-state index >= 15 is 0 Å². The topological polar surface area (TPSA) is 54.2 Å². The zero-order valence-electron chi connectivity index (χ0n) is 14.9. The molecule has 26 heavy (non-hydrogen) atoms. The maximum atomic E-state index is 6.56. The number of hydrogen-bond donors (Lipinski definition) is 2. The first-order valence-electron chi connectivity index (χ1n) is 9.04. The molecule has 3 aromatic rings. The van der Waals surface area contributed by atoms with Crippen LogP contribution < -0.4 is 16.0 Å². The van der Waals surface area contributed by atoms with Crippen LogP contribution in [0.25, 0.3) is 22.0 Å². The lowest BCUT2D eigenvalue weighted by Gasteiger charge is -2.29. The molecule has 1 fully saturated rings. The summed E-state index contributed by atoms with van der Waals surface area (Å²) in [6.45, 7) is 5.79. The molecule has 1 saturated heterocycles. The summed E-state index contributed by atoms with van der Waals surface area (Å²) in [7, 11) is 0. The van der Waals surface area contributed by atoms with Gasteiger partial charge in [0.25, 0.3) is 0 Å². The van der Waals surface area contributed by atoms with Crippen LogP contribution in [0, 0.1) is 0 Å². The highest BCUT2D eigenvalue weighted by atomic mass is 35.5. The number of anilines is 1. The fourth-order valence-corrected chi connectivity index (χ4v) is 3.70. The van der Waals surface area contributed by atoms with Crippen molar-refractivity contribution in [2.75, 3.05) is 31.1 Å². The Morgan fingerprint density at radius 1 is 1.08 bits per heavy atom. The molecule has 0 saturated carbocycles. The minimum Gasteiger partial charge on any atom is -0.353 e. The van der Waals surface area contributed by atoms with Gasteiger partial charge in [0.1, 0.15) is 5.82 Å². The molecule has 0 bridgehead atoms. The predicted molar refractivity (Wildman–Crippen MR) is 110 cm³/mol. The zero-order chi connectivity index (χ0) is 18.1. The lowest BCUT2D eigenvalue weighted by molar-refractivity contribution is 0.585. The molecule has 0 aliphatic carbocycles. The van der Waals surface area contributed by atoms with Gasteiger partial charge in [0.15, 0.2) is 0 Å². The van der Waals surface area contributed by atoms with Gasteiger partial charge in [-0.25, -0.2) is 4.98 Å². The van der Waals surface area contributed by atoms with Gasteiger partial charge in [0.2, 0.25) is 0 Å². The minimum atomic E-state index is 0.0214. The fraction of sp³-hybridized carbons (Fsp3) is 0.286. The Hall–Kier alpha value is -2.14. The van der Waals surface area contributed by atoms with E-state index in [1.54, 1.807) is 0 Å². The molecule has 4 rings (SSSR count). The van der Waals surface area contributed by atoms with Crippen LogP contribution in [0.4, 0.5) is 5.82 Å². The average Bonchev–Trinajstić information content (AvgIpc) is 2.67. The molecule has 5 heteroatoms. The summed E-state index contributed by atoms with van der Waals surface area (Å²) in [6.07, 6.45) is 0. The maximum absolute atomic E-state index is 6.56. The van der Waals surface area contributed by atoms with Gasteiger partial charge in [-0.05, 0) is 47.9 Å². The van der Waals surface area contributed by atoms with E-state index in [1.165, 1.54) is 0 Å². The molecule has 1 aliphatic heterocycles. The number of nitrogens with zero attached hydrogens (tertiary/aromatic N) is 2. The van der Waals surface area contributed by atoms with Crippen molar-refractivity contribution in [3.63, 3.8) is 0 Å². The van der Waals surface area contributed by atoms with Crippen LogP contribution in [0.3, 0.4) is 0 Å². The van der Waals surface area contributed by atoms with Crippen molar-refractivity contribution in [2.24, 2.45) is 5.73 Å². The average molecular weight is 367 g/mol. The largest absolute Gasteiger partial charge is 0.353 e. The highest BCUT2D eigenvalue weighted by Gasteiger charge is 2.16. The summed E-state index contributed by atoms with van der Waals surface area (Å²) < 4.78 is 0. The lowest BCUT2D eigenvalue weighted by atomic mass is 9.99. The lowest BCUT2D eigenvalue weighted by Crippen LogP contribution is -2.44. The second-order valence-electron chi connectivity index (χ2n) is 6.85. The van der Waals surface area contributed by atoms with Crippen LogP contribution in [-0.4, -0.2) is 31.2 Å². The van der Waals surface area contributed by atoms with Crippen molar-refractivity contribution in [1.29, 1.82) is 0 Å². The first kappa shape index (κ1) is 17.3. The third kappa shape index (κ3) is 3.40. The van der Waals surface area contributed by atoms with Crippen LogP contribution in [0.5, 0.6) is 0 Å². The van der Waals surface area contributed by atoms with Crippen molar-refractivity contribution >= 4 is 28.3 Å². The molecule has 0 unspecified atom stereocenters. The predicted octanol–water partition coefficient (Wildman–Crippen LogP) is 3.98. The van der Waals surface area contributed by atoms with Gasteiger partial charge in [0.05, 0.1) is 10.5 Å². The van der Waals surface area contributed by atoms with E-state index in [9.17, 15) is 0 Å². The Kier molecular flexibility index (Phi) is 4.81. The van der Waals surface area contributed by atoms with Crippen LogP contribution in [-0.2, 0) is 0 Å². The molecule has 2 aromatic carbocycles. The summed E-state index contributed by atoms with van der Waals surface area (Å²) >= 11 is 6.56. The third-order valence-electron chi connectivity index (χ3n) is 4.91. The molecule has 134 valence electrons. The van der Waals surface area contributed by atoms with Gasteiger partial charge in [-0.2, -0.15) is 0 Å². The van der Waals surface area contributed by atoms with Crippen LogP contribution in [0.1, 0.15) is 18.5 Å². The summed E-state index contributed by atoms with van der Waals surface area (Å²) in [5, 5.41) is 5.12. The molecule has 0 radical (unpaired) electrons. The Labute approximate surface area is 159 Å². The molecule has 0 spiro atoms. The molecule has 2 heterocycles. The van der Waals surface area contributed by atoms with Crippen molar-refractivity contribution < 1.29 is 0 Å². The zero-order valence-corrected chi connectivity index (χ0v) is 15.6. The van der Waals surface area contributed by atoms with Gasteiger partial charge in [-0.3, -0.25) is 0 Å². The maximum Gasteiger partial charge on any atom is 0.148 e. The molecule has 1 aliphatic rings. The summed E-state index contributed by atoms with van der Waals surface area (Å²) in [4.78, 5) is 7.07. The smallest absolute Gasteiger partial charge is 0.148 e. The molecule has 4 nitrogen and oxygen atoms in total. The third-order valence-corrected chi connectivity index (χ3v) is 5.19. The van der Waals surface area contributed by atoms with Crippen molar-refractivity contribution in [1.82, 2.24) is 10.3 Å². The Bertz CT molecular complexity index is 932. The quantitative estimate of drug-likeness (QED) is 0.736. The highest BCUT2D eigenvalue weighted by molar-refractivity contribution is 6.33.